The summed E-state index contributed by atoms with van der Waals surface area (Å²) in [5, 5.41) is 9.18. The van der Waals surface area contributed by atoms with Crippen molar-refractivity contribution < 1.29 is 9.90 Å². The second-order valence-corrected chi connectivity index (χ2v) is 3.85. The normalized spacial score (nSPS) is 10.5. The van der Waals surface area contributed by atoms with Crippen LogP contribution in [0.3, 0.4) is 0 Å². The Morgan fingerprint density at radius 2 is 2.12 bits per heavy atom. The predicted octanol–water partition coefficient (Wildman–Crippen LogP) is 2.28. The maximum absolute atomic E-state index is 11.2. The van der Waals surface area contributed by atoms with Gasteiger partial charge in [-0.1, -0.05) is 12.1 Å². The number of aromatic nitrogens is 2. The van der Waals surface area contributed by atoms with E-state index in [1.54, 1.807) is 38.1 Å². The number of hydrogen-bond acceptors (Lipinski definition) is 3. The number of rotatable bonds is 1. The van der Waals surface area contributed by atoms with Gasteiger partial charge in [-0.2, -0.15) is 0 Å². The van der Waals surface area contributed by atoms with Crippen LogP contribution in [0.2, 0.25) is 0 Å². The number of carbonyl (C=O) groups is 1. The molecule has 2 rings (SSSR count). The van der Waals surface area contributed by atoms with E-state index >= 15 is 0 Å². The van der Waals surface area contributed by atoms with Crippen molar-refractivity contribution in [1.29, 1.82) is 0 Å². The van der Waals surface area contributed by atoms with E-state index in [0.29, 0.717) is 28.5 Å². The number of carboxylic acid groups (broad SMARTS) is 1. The molecular formula is C12H13N3O2. The summed E-state index contributed by atoms with van der Waals surface area (Å²) in [4.78, 5) is 15.5. The van der Waals surface area contributed by atoms with E-state index in [-0.39, 0.29) is 0 Å². The lowest BCUT2D eigenvalue weighted by molar-refractivity contribution is 0.196. The third-order valence-electron chi connectivity index (χ3n) is 2.68. The summed E-state index contributed by atoms with van der Waals surface area (Å²) in [5.41, 5.74) is 8.28. The number of nitrogens with zero attached hydrogens (tertiary/aromatic N) is 2. The van der Waals surface area contributed by atoms with E-state index in [0.717, 1.165) is 0 Å². The fourth-order valence-electron chi connectivity index (χ4n) is 1.72. The zero-order valence-corrected chi connectivity index (χ0v) is 9.64. The van der Waals surface area contributed by atoms with E-state index in [1.165, 1.54) is 4.57 Å². The average Bonchev–Trinajstić information content (AvgIpc) is 2.55. The summed E-state index contributed by atoms with van der Waals surface area (Å²) >= 11 is 0. The van der Waals surface area contributed by atoms with Gasteiger partial charge in [0.05, 0.1) is 5.69 Å². The van der Waals surface area contributed by atoms with Gasteiger partial charge in [-0.05, 0) is 26.0 Å². The lowest BCUT2D eigenvalue weighted by atomic mass is 10.2. The zero-order chi connectivity index (χ0) is 12.6. The highest BCUT2D eigenvalue weighted by Gasteiger charge is 2.17. The lowest BCUT2D eigenvalue weighted by Crippen LogP contribution is -2.11. The first-order valence-electron chi connectivity index (χ1n) is 5.16. The number of benzene rings is 1. The van der Waals surface area contributed by atoms with Crippen LogP contribution >= 0.6 is 0 Å². The largest absolute Gasteiger partial charge is 0.464 e. The Kier molecular flexibility index (Phi) is 2.59. The fraction of sp³-hybridized carbons (Fsp3) is 0.167. The molecule has 0 radical (unpaired) electrons. The highest BCUT2D eigenvalue weighted by atomic mass is 16.4. The van der Waals surface area contributed by atoms with Crippen molar-refractivity contribution in [2.24, 2.45) is 0 Å². The van der Waals surface area contributed by atoms with Crippen molar-refractivity contribution in [3.05, 3.63) is 35.7 Å². The molecule has 0 amide bonds. The molecule has 0 unspecified atom stereocenters. The molecule has 0 spiro atoms. The number of anilines is 1. The van der Waals surface area contributed by atoms with Gasteiger partial charge in [0.25, 0.3) is 0 Å². The predicted molar refractivity (Wildman–Crippen MR) is 65.0 cm³/mol. The Bertz CT molecular complexity index is 587. The van der Waals surface area contributed by atoms with Gasteiger partial charge in [-0.15, -0.1) is 0 Å². The van der Waals surface area contributed by atoms with Gasteiger partial charge in [-0.25, -0.2) is 14.3 Å². The van der Waals surface area contributed by atoms with Gasteiger partial charge >= 0.3 is 6.09 Å². The molecule has 17 heavy (non-hydrogen) atoms. The number of imidazole rings is 1. The van der Waals surface area contributed by atoms with Gasteiger partial charge in [0.15, 0.2) is 0 Å². The smallest absolute Gasteiger partial charge is 0.417 e. The minimum Gasteiger partial charge on any atom is -0.464 e. The zero-order valence-electron chi connectivity index (χ0n) is 9.64. The van der Waals surface area contributed by atoms with Crippen LogP contribution in [0.5, 0.6) is 0 Å². The van der Waals surface area contributed by atoms with Crippen molar-refractivity contribution >= 4 is 11.8 Å². The first kappa shape index (κ1) is 11.2. The minimum absolute atomic E-state index is 0.403. The van der Waals surface area contributed by atoms with E-state index in [2.05, 4.69) is 4.98 Å². The van der Waals surface area contributed by atoms with Gasteiger partial charge < -0.3 is 10.8 Å². The van der Waals surface area contributed by atoms with Gasteiger partial charge in [0.2, 0.25) is 0 Å². The maximum Gasteiger partial charge on any atom is 0.417 e. The van der Waals surface area contributed by atoms with Crippen LogP contribution in [-0.4, -0.2) is 20.8 Å². The summed E-state index contributed by atoms with van der Waals surface area (Å²) in [7, 11) is 0. The maximum atomic E-state index is 11.2. The van der Waals surface area contributed by atoms with Crippen LogP contribution in [0, 0.1) is 13.8 Å². The minimum atomic E-state index is -1.04. The molecule has 0 aliphatic rings. The fourth-order valence-corrected chi connectivity index (χ4v) is 1.72. The Hall–Kier alpha value is -2.30. The van der Waals surface area contributed by atoms with Gasteiger partial charge in [0, 0.05) is 16.9 Å². The molecule has 0 saturated carbocycles. The molecule has 0 fully saturated rings. The van der Waals surface area contributed by atoms with Crippen LogP contribution in [0.25, 0.3) is 11.4 Å². The van der Waals surface area contributed by atoms with Crippen molar-refractivity contribution in [3.8, 4) is 11.4 Å². The van der Waals surface area contributed by atoms with E-state index < -0.39 is 6.09 Å². The van der Waals surface area contributed by atoms with Crippen LogP contribution in [0.15, 0.2) is 24.3 Å². The lowest BCUT2D eigenvalue weighted by Gasteiger charge is -2.04. The molecule has 5 heteroatoms. The molecule has 0 saturated heterocycles. The summed E-state index contributed by atoms with van der Waals surface area (Å²) < 4.78 is 1.17. The van der Waals surface area contributed by atoms with Crippen LogP contribution in [0.1, 0.15) is 11.4 Å². The summed E-state index contributed by atoms with van der Waals surface area (Å²) in [6.45, 7) is 3.51. The second-order valence-electron chi connectivity index (χ2n) is 3.85. The molecule has 5 nitrogen and oxygen atoms in total. The van der Waals surface area contributed by atoms with Crippen molar-refractivity contribution in [2.75, 3.05) is 5.73 Å². The van der Waals surface area contributed by atoms with E-state index in [9.17, 15) is 9.90 Å². The van der Waals surface area contributed by atoms with E-state index in [1.807, 2.05) is 0 Å². The number of aryl methyl sites for hydroxylation is 1. The van der Waals surface area contributed by atoms with Crippen LogP contribution in [-0.2, 0) is 0 Å². The van der Waals surface area contributed by atoms with Crippen LogP contribution < -0.4 is 5.73 Å². The Labute approximate surface area is 98.5 Å². The number of hydrogen-bond donors (Lipinski definition) is 2. The summed E-state index contributed by atoms with van der Waals surface area (Å²) in [6.07, 6.45) is -1.04. The molecule has 2 aromatic rings. The second kappa shape index (κ2) is 3.93. The molecule has 0 atom stereocenters. The highest BCUT2D eigenvalue weighted by molar-refractivity contribution is 5.77. The molecule has 0 bridgehead atoms. The molecule has 1 heterocycles. The molecule has 3 N–H and O–H groups in total. The highest BCUT2D eigenvalue weighted by Crippen LogP contribution is 2.23. The van der Waals surface area contributed by atoms with Gasteiger partial charge in [0.1, 0.15) is 5.82 Å². The first-order chi connectivity index (χ1) is 8.00. The number of nitrogen functional groups attached to an aromatic ring is 1. The molecule has 88 valence electrons. The summed E-state index contributed by atoms with van der Waals surface area (Å²) in [6, 6.07) is 7.02. The molecule has 1 aromatic heterocycles. The van der Waals surface area contributed by atoms with Crippen molar-refractivity contribution in [3.63, 3.8) is 0 Å². The Morgan fingerprint density at radius 1 is 1.41 bits per heavy atom. The topological polar surface area (TPSA) is 81.1 Å². The Balaban J connectivity index is 2.67. The molecular weight excluding hydrogens is 218 g/mol. The average molecular weight is 231 g/mol. The Morgan fingerprint density at radius 3 is 2.71 bits per heavy atom. The first-order valence-corrected chi connectivity index (χ1v) is 5.16. The standard InChI is InChI=1S/C12H13N3O2/c1-7-8(2)15(12(16)17)11(14-7)9-4-3-5-10(13)6-9/h3-6H,13H2,1-2H3,(H,16,17). The van der Waals surface area contributed by atoms with Crippen LogP contribution in [0.4, 0.5) is 10.5 Å². The third-order valence-corrected chi connectivity index (χ3v) is 2.68. The SMILES string of the molecule is Cc1nc(-c2cccc(N)c2)n(C(=O)O)c1C. The quantitative estimate of drug-likeness (QED) is 0.738. The number of nitrogens with two attached hydrogens (primary N) is 1. The summed E-state index contributed by atoms with van der Waals surface area (Å²) in [5.74, 6) is 0.403. The van der Waals surface area contributed by atoms with Crippen molar-refractivity contribution in [2.45, 2.75) is 13.8 Å². The molecule has 1 aromatic carbocycles. The molecule has 0 aliphatic heterocycles. The third kappa shape index (κ3) is 1.87. The van der Waals surface area contributed by atoms with E-state index in [4.69, 9.17) is 5.73 Å². The van der Waals surface area contributed by atoms with Gasteiger partial charge in [-0.3, -0.25) is 0 Å². The monoisotopic (exact) mass is 231 g/mol. The molecule has 0 aliphatic carbocycles. The van der Waals surface area contributed by atoms with Crippen molar-refractivity contribution in [1.82, 2.24) is 9.55 Å².